The molecule has 11 heavy (non-hydrogen) atoms. The third-order valence-electron chi connectivity index (χ3n) is 1.12. The van der Waals surface area contributed by atoms with Crippen LogP contribution in [0.4, 0.5) is 0 Å². The highest BCUT2D eigenvalue weighted by Gasteiger charge is 1.98. The Morgan fingerprint density at radius 2 is 2.36 bits per heavy atom. The fourth-order valence-corrected chi connectivity index (χ4v) is 1.10. The van der Waals surface area contributed by atoms with E-state index < -0.39 is 0 Å². The van der Waals surface area contributed by atoms with Crippen LogP contribution in [0.3, 0.4) is 0 Å². The predicted octanol–water partition coefficient (Wildman–Crippen LogP) is 2.56. The summed E-state index contributed by atoms with van der Waals surface area (Å²) in [5.41, 5.74) is 0.726. The van der Waals surface area contributed by atoms with E-state index in [4.69, 9.17) is 16.9 Å². The molecule has 1 aromatic heterocycles. The summed E-state index contributed by atoms with van der Waals surface area (Å²) in [4.78, 5) is 4.02. The first-order chi connectivity index (χ1) is 5.24. The van der Waals surface area contributed by atoms with Crippen molar-refractivity contribution in [2.24, 2.45) is 0 Å². The first kappa shape index (κ1) is 8.51. The van der Waals surface area contributed by atoms with Crippen molar-refractivity contribution in [2.45, 2.75) is 6.42 Å². The standard InChI is InChI=1S/C7H4BrClN2/c8-7-6(9)2-1-5(11-7)3-4-10/h1-2H,3H2. The maximum Gasteiger partial charge on any atom is 0.125 e. The Bertz CT molecular complexity index is 306. The predicted molar refractivity (Wildman–Crippen MR) is 46.3 cm³/mol. The van der Waals surface area contributed by atoms with Crippen LogP contribution in [0.5, 0.6) is 0 Å². The SMILES string of the molecule is N#CCc1ccc(Cl)c(Br)n1. The quantitative estimate of drug-likeness (QED) is 0.697. The third kappa shape index (κ3) is 2.18. The number of halogens is 2. The lowest BCUT2D eigenvalue weighted by atomic mass is 10.3. The van der Waals surface area contributed by atoms with Gasteiger partial charge in [-0.05, 0) is 28.1 Å². The summed E-state index contributed by atoms with van der Waals surface area (Å²) in [6.07, 6.45) is 0.315. The summed E-state index contributed by atoms with van der Waals surface area (Å²) in [7, 11) is 0. The number of hydrogen-bond donors (Lipinski definition) is 0. The van der Waals surface area contributed by atoms with Gasteiger partial charge in [0.1, 0.15) is 4.60 Å². The second-order valence-corrected chi connectivity index (χ2v) is 3.07. The van der Waals surface area contributed by atoms with Gasteiger partial charge in [0.25, 0.3) is 0 Å². The van der Waals surface area contributed by atoms with E-state index in [1.165, 1.54) is 0 Å². The van der Waals surface area contributed by atoms with Gasteiger partial charge in [0.2, 0.25) is 0 Å². The zero-order valence-electron chi connectivity index (χ0n) is 5.51. The Morgan fingerprint density at radius 1 is 1.64 bits per heavy atom. The van der Waals surface area contributed by atoms with Gasteiger partial charge in [0.15, 0.2) is 0 Å². The van der Waals surface area contributed by atoms with Crippen molar-refractivity contribution in [3.63, 3.8) is 0 Å². The summed E-state index contributed by atoms with van der Waals surface area (Å²) in [5, 5.41) is 8.90. The fraction of sp³-hybridized carbons (Fsp3) is 0.143. The molecular weight excluding hydrogens is 227 g/mol. The molecule has 0 N–H and O–H groups in total. The Balaban J connectivity index is 2.98. The van der Waals surface area contributed by atoms with Crippen LogP contribution in [0, 0.1) is 11.3 Å². The molecular formula is C7H4BrClN2. The molecule has 1 aromatic rings. The van der Waals surface area contributed by atoms with Gasteiger partial charge in [0.05, 0.1) is 23.2 Å². The lowest BCUT2D eigenvalue weighted by molar-refractivity contribution is 1.09. The summed E-state index contributed by atoms with van der Waals surface area (Å²) < 4.78 is 0.590. The topological polar surface area (TPSA) is 36.7 Å². The molecule has 0 spiro atoms. The Hall–Kier alpha value is -0.590. The Kier molecular flexibility index (Phi) is 2.86. The lowest BCUT2D eigenvalue weighted by Gasteiger charge is -1.96. The van der Waals surface area contributed by atoms with Crippen molar-refractivity contribution in [1.29, 1.82) is 5.26 Å². The van der Waals surface area contributed by atoms with E-state index in [1.54, 1.807) is 12.1 Å². The van der Waals surface area contributed by atoms with Crippen LogP contribution in [0.15, 0.2) is 16.7 Å². The second kappa shape index (κ2) is 3.70. The van der Waals surface area contributed by atoms with Gasteiger partial charge in [-0.3, -0.25) is 0 Å². The van der Waals surface area contributed by atoms with Gasteiger partial charge < -0.3 is 0 Å². The van der Waals surface area contributed by atoms with Gasteiger partial charge >= 0.3 is 0 Å². The summed E-state index contributed by atoms with van der Waals surface area (Å²) in [6.45, 7) is 0. The van der Waals surface area contributed by atoms with E-state index in [-0.39, 0.29) is 0 Å². The molecule has 0 aromatic carbocycles. The Morgan fingerprint density at radius 3 is 2.91 bits per heavy atom. The molecule has 0 aliphatic rings. The van der Waals surface area contributed by atoms with Gasteiger partial charge in [-0.1, -0.05) is 11.6 Å². The van der Waals surface area contributed by atoms with E-state index in [9.17, 15) is 0 Å². The van der Waals surface area contributed by atoms with Gasteiger partial charge in [-0.15, -0.1) is 0 Å². The van der Waals surface area contributed by atoms with Gasteiger partial charge in [-0.25, -0.2) is 4.98 Å². The third-order valence-corrected chi connectivity index (χ3v) is 2.26. The van der Waals surface area contributed by atoms with E-state index in [0.717, 1.165) is 5.69 Å². The molecule has 0 aliphatic carbocycles. The minimum absolute atomic E-state index is 0.315. The zero-order chi connectivity index (χ0) is 8.27. The maximum atomic E-state index is 8.34. The summed E-state index contributed by atoms with van der Waals surface area (Å²) in [6, 6.07) is 5.45. The Labute approximate surface area is 77.9 Å². The van der Waals surface area contributed by atoms with Crippen molar-refractivity contribution in [3.8, 4) is 6.07 Å². The molecule has 0 unspecified atom stereocenters. The average molecular weight is 231 g/mol. The summed E-state index contributed by atoms with van der Waals surface area (Å²) >= 11 is 8.85. The van der Waals surface area contributed by atoms with Crippen molar-refractivity contribution in [2.75, 3.05) is 0 Å². The molecule has 56 valence electrons. The maximum absolute atomic E-state index is 8.34. The molecule has 2 nitrogen and oxygen atoms in total. The molecule has 1 rings (SSSR count). The molecule has 4 heteroatoms. The van der Waals surface area contributed by atoms with E-state index in [1.807, 2.05) is 6.07 Å². The molecule has 1 heterocycles. The van der Waals surface area contributed by atoms with Crippen LogP contribution in [0.1, 0.15) is 5.69 Å². The largest absolute Gasteiger partial charge is 0.243 e. The highest BCUT2D eigenvalue weighted by atomic mass is 79.9. The van der Waals surface area contributed by atoms with Crippen LogP contribution >= 0.6 is 27.5 Å². The smallest absolute Gasteiger partial charge is 0.125 e. The molecule has 0 bridgehead atoms. The van der Waals surface area contributed by atoms with Crippen molar-refractivity contribution >= 4 is 27.5 Å². The van der Waals surface area contributed by atoms with E-state index >= 15 is 0 Å². The minimum atomic E-state index is 0.315. The highest BCUT2D eigenvalue weighted by molar-refractivity contribution is 9.10. The number of nitriles is 1. The first-order valence-electron chi connectivity index (χ1n) is 2.92. The number of pyridine rings is 1. The zero-order valence-corrected chi connectivity index (χ0v) is 7.85. The number of rotatable bonds is 1. The fourth-order valence-electron chi connectivity index (χ4n) is 0.634. The number of nitrogens with zero attached hydrogens (tertiary/aromatic N) is 2. The monoisotopic (exact) mass is 230 g/mol. The van der Waals surface area contributed by atoms with Gasteiger partial charge in [0, 0.05) is 0 Å². The molecule has 0 saturated heterocycles. The average Bonchev–Trinajstić information content (AvgIpc) is 1.98. The lowest BCUT2D eigenvalue weighted by Crippen LogP contribution is -1.87. The van der Waals surface area contributed by atoms with Crippen molar-refractivity contribution < 1.29 is 0 Å². The van der Waals surface area contributed by atoms with Crippen molar-refractivity contribution in [1.82, 2.24) is 4.98 Å². The second-order valence-electron chi connectivity index (χ2n) is 1.91. The molecule has 0 amide bonds. The highest BCUT2D eigenvalue weighted by Crippen LogP contribution is 2.19. The van der Waals surface area contributed by atoms with E-state index in [0.29, 0.717) is 16.0 Å². The summed E-state index contributed by atoms with van der Waals surface area (Å²) in [5.74, 6) is 0. The van der Waals surface area contributed by atoms with Crippen LogP contribution in [0.2, 0.25) is 5.02 Å². The van der Waals surface area contributed by atoms with Crippen LogP contribution in [-0.4, -0.2) is 4.98 Å². The van der Waals surface area contributed by atoms with Crippen LogP contribution in [0.25, 0.3) is 0 Å². The molecule has 0 saturated carbocycles. The number of aromatic nitrogens is 1. The molecule has 0 atom stereocenters. The first-order valence-corrected chi connectivity index (χ1v) is 4.09. The molecule has 0 aliphatic heterocycles. The van der Waals surface area contributed by atoms with Gasteiger partial charge in [-0.2, -0.15) is 5.26 Å². The van der Waals surface area contributed by atoms with E-state index in [2.05, 4.69) is 20.9 Å². The molecule has 0 radical (unpaired) electrons. The van der Waals surface area contributed by atoms with Crippen molar-refractivity contribution in [3.05, 3.63) is 27.5 Å². The van der Waals surface area contributed by atoms with Crippen LogP contribution < -0.4 is 0 Å². The normalized spacial score (nSPS) is 9.18. The minimum Gasteiger partial charge on any atom is -0.243 e. The molecule has 0 fully saturated rings. The number of hydrogen-bond acceptors (Lipinski definition) is 2. The van der Waals surface area contributed by atoms with Crippen LogP contribution in [-0.2, 0) is 6.42 Å².